The zero-order valence-corrected chi connectivity index (χ0v) is 18.4. The van der Waals surface area contributed by atoms with E-state index in [2.05, 4.69) is 9.88 Å². The topological polar surface area (TPSA) is 91.6 Å². The molecule has 3 aromatic rings. The molecule has 1 fully saturated rings. The molecule has 31 heavy (non-hydrogen) atoms. The van der Waals surface area contributed by atoms with Crippen LogP contribution in [0.4, 0.5) is 5.82 Å². The molecule has 0 aliphatic carbocycles. The second kappa shape index (κ2) is 9.40. The quantitative estimate of drug-likeness (QED) is 0.391. The fraction of sp³-hybridized carbons (Fsp3) is 0.381. The predicted octanol–water partition coefficient (Wildman–Crippen LogP) is 3.23. The predicted molar refractivity (Wildman–Crippen MR) is 117 cm³/mol. The van der Waals surface area contributed by atoms with E-state index in [1.807, 2.05) is 35.4 Å². The number of ether oxygens (including phenoxy) is 2. The van der Waals surface area contributed by atoms with E-state index in [0.717, 1.165) is 23.3 Å². The highest BCUT2D eigenvalue weighted by Gasteiger charge is 2.34. The summed E-state index contributed by atoms with van der Waals surface area (Å²) in [7, 11) is 1.68. The Bertz CT molecular complexity index is 1080. The number of nitrogens with one attached hydrogen (secondary N) is 1. The van der Waals surface area contributed by atoms with Crippen LogP contribution in [-0.4, -0.2) is 60.1 Å². The maximum absolute atomic E-state index is 10.8. The number of rotatable bonds is 8. The zero-order valence-electron chi connectivity index (χ0n) is 16.9. The lowest BCUT2D eigenvalue weighted by molar-refractivity contribution is -0.592. The molecule has 3 heterocycles. The summed E-state index contributed by atoms with van der Waals surface area (Å²) in [4.78, 5) is 20.8. The summed E-state index contributed by atoms with van der Waals surface area (Å²) in [6.45, 7) is 1.18. The van der Waals surface area contributed by atoms with Gasteiger partial charge in [-0.15, -0.1) is 0 Å². The largest absolute Gasteiger partial charge is 0.481 e. The number of aromatic nitrogens is 3. The number of halogens is 2. The summed E-state index contributed by atoms with van der Waals surface area (Å²) in [5.41, 5.74) is 1.52. The molecular weight excluding hydrogens is 443 g/mol. The van der Waals surface area contributed by atoms with Crippen LogP contribution in [0, 0.1) is 0 Å². The summed E-state index contributed by atoms with van der Waals surface area (Å²) in [6.07, 6.45) is 6.32. The minimum atomic E-state index is -0.881. The van der Waals surface area contributed by atoms with Gasteiger partial charge in [0.1, 0.15) is 23.9 Å². The molecule has 1 aliphatic rings. The van der Waals surface area contributed by atoms with E-state index >= 15 is 0 Å². The van der Waals surface area contributed by atoms with Crippen LogP contribution in [0.3, 0.4) is 0 Å². The Morgan fingerprint density at radius 2 is 2.26 bits per heavy atom. The molecule has 10 heteroatoms. The van der Waals surface area contributed by atoms with Crippen molar-refractivity contribution < 1.29 is 23.9 Å². The van der Waals surface area contributed by atoms with Crippen LogP contribution in [0.5, 0.6) is 0 Å². The monoisotopic (exact) mass is 465 g/mol. The van der Waals surface area contributed by atoms with Gasteiger partial charge in [-0.1, -0.05) is 23.2 Å². The van der Waals surface area contributed by atoms with Crippen molar-refractivity contribution in [3.05, 3.63) is 47.0 Å². The van der Waals surface area contributed by atoms with Crippen LogP contribution < -0.4 is 9.47 Å². The molecule has 0 bridgehead atoms. The Morgan fingerprint density at radius 3 is 2.97 bits per heavy atom. The molecule has 0 amide bonds. The molecule has 1 saturated heterocycles. The highest BCUT2D eigenvalue weighted by Crippen LogP contribution is 2.35. The maximum Gasteiger partial charge on any atom is 0.305 e. The first-order valence-electron chi connectivity index (χ1n) is 9.90. The van der Waals surface area contributed by atoms with Gasteiger partial charge in [-0.25, -0.2) is 14.5 Å². The molecule has 1 aliphatic heterocycles. The number of H-pyrrole nitrogens is 1. The Morgan fingerprint density at radius 1 is 1.42 bits per heavy atom. The number of fused-ring (bicyclic) bond motifs is 1. The number of hydrogen-bond donors (Lipinski definition) is 2. The van der Waals surface area contributed by atoms with Gasteiger partial charge in [0.25, 0.3) is 0 Å². The van der Waals surface area contributed by atoms with Crippen LogP contribution in [0.15, 0.2) is 36.9 Å². The summed E-state index contributed by atoms with van der Waals surface area (Å²) in [5, 5.41) is 10.5. The number of anilines is 1. The number of aliphatic carboxylic acids is 1. The van der Waals surface area contributed by atoms with Crippen molar-refractivity contribution in [2.45, 2.75) is 25.0 Å². The van der Waals surface area contributed by atoms with E-state index in [1.165, 1.54) is 0 Å². The minimum absolute atomic E-state index is 0.00858. The minimum Gasteiger partial charge on any atom is -0.481 e. The van der Waals surface area contributed by atoms with Gasteiger partial charge in [0, 0.05) is 25.1 Å². The average Bonchev–Trinajstić information content (AvgIpc) is 3.43. The van der Waals surface area contributed by atoms with Crippen LogP contribution in [0.2, 0.25) is 10.0 Å². The van der Waals surface area contributed by atoms with Gasteiger partial charge < -0.3 is 19.5 Å². The van der Waals surface area contributed by atoms with Crippen LogP contribution >= 0.6 is 23.2 Å². The van der Waals surface area contributed by atoms with Crippen LogP contribution in [-0.2, 0) is 14.3 Å². The number of carboxylic acid groups (broad SMARTS) is 1. The van der Waals surface area contributed by atoms with E-state index in [9.17, 15) is 4.79 Å². The van der Waals surface area contributed by atoms with Crippen molar-refractivity contribution in [1.29, 1.82) is 0 Å². The summed E-state index contributed by atoms with van der Waals surface area (Å²) >= 11 is 12.8. The molecular formula is C21H23Cl2N4O4+. The fourth-order valence-electron chi connectivity index (χ4n) is 3.87. The van der Waals surface area contributed by atoms with E-state index in [0.29, 0.717) is 28.7 Å². The van der Waals surface area contributed by atoms with E-state index in [4.69, 9.17) is 42.8 Å². The van der Waals surface area contributed by atoms with Gasteiger partial charge in [0.2, 0.25) is 6.33 Å². The Kier molecular flexibility index (Phi) is 6.62. The van der Waals surface area contributed by atoms with Crippen molar-refractivity contribution in [1.82, 2.24) is 9.97 Å². The first-order valence-corrected chi connectivity index (χ1v) is 10.7. The summed E-state index contributed by atoms with van der Waals surface area (Å²) < 4.78 is 13.2. The van der Waals surface area contributed by atoms with Gasteiger partial charge in [-0.3, -0.25) is 4.79 Å². The number of carboxylic acids is 1. The summed E-state index contributed by atoms with van der Waals surface area (Å²) in [6, 6.07) is 5.67. The molecule has 8 nitrogen and oxygen atoms in total. The maximum atomic E-state index is 10.8. The van der Waals surface area contributed by atoms with Crippen molar-refractivity contribution in [2.75, 3.05) is 31.8 Å². The van der Waals surface area contributed by atoms with Gasteiger partial charge >= 0.3 is 5.97 Å². The van der Waals surface area contributed by atoms with Gasteiger partial charge in [-0.2, -0.15) is 0 Å². The Balaban J connectivity index is 1.72. The lowest BCUT2D eigenvalue weighted by atomic mass is 10.1. The van der Waals surface area contributed by atoms with Crippen molar-refractivity contribution in [3.63, 3.8) is 0 Å². The van der Waals surface area contributed by atoms with E-state index in [-0.39, 0.29) is 25.2 Å². The lowest BCUT2D eigenvalue weighted by Gasteiger charge is -2.26. The SMILES string of the molecule is CO[C@@H]1C[C@@H](COCCC(=O)O)N(c2cc(-[n+]3cc[nH]c3)c3ccc(Cl)c(Cl)c3n2)C1. The number of methoxy groups -OCH3 is 1. The molecule has 2 aromatic heterocycles. The van der Waals surface area contributed by atoms with Gasteiger partial charge in [-0.05, 0) is 18.6 Å². The van der Waals surface area contributed by atoms with E-state index < -0.39 is 5.97 Å². The number of aromatic amines is 1. The first kappa shape index (κ1) is 21.8. The number of benzene rings is 1. The molecule has 0 radical (unpaired) electrons. The third-order valence-corrected chi connectivity index (χ3v) is 6.23. The van der Waals surface area contributed by atoms with Gasteiger partial charge in [0.05, 0.1) is 47.3 Å². The molecule has 164 valence electrons. The molecule has 0 saturated carbocycles. The third-order valence-electron chi connectivity index (χ3n) is 5.43. The van der Waals surface area contributed by atoms with Crippen molar-refractivity contribution in [3.8, 4) is 5.69 Å². The second-order valence-corrected chi connectivity index (χ2v) is 8.18. The summed E-state index contributed by atoms with van der Waals surface area (Å²) in [5.74, 6) is -0.152. The van der Waals surface area contributed by atoms with Crippen LogP contribution in [0.1, 0.15) is 12.8 Å². The third kappa shape index (κ3) is 4.62. The van der Waals surface area contributed by atoms with Gasteiger partial charge in [0.15, 0.2) is 0 Å². The molecule has 0 unspecified atom stereocenters. The normalized spacial score (nSPS) is 18.7. The zero-order chi connectivity index (χ0) is 22.0. The fourth-order valence-corrected chi connectivity index (χ4v) is 4.22. The highest BCUT2D eigenvalue weighted by atomic mass is 35.5. The number of nitrogens with zero attached hydrogens (tertiary/aromatic N) is 3. The van der Waals surface area contributed by atoms with Crippen LogP contribution in [0.25, 0.3) is 16.6 Å². The molecule has 1 aromatic carbocycles. The smallest absolute Gasteiger partial charge is 0.305 e. The number of pyridine rings is 1. The second-order valence-electron chi connectivity index (χ2n) is 7.39. The first-order chi connectivity index (χ1) is 15.0. The average molecular weight is 466 g/mol. The van der Waals surface area contributed by atoms with Crippen molar-refractivity contribution in [2.24, 2.45) is 0 Å². The number of hydrogen-bond acceptors (Lipinski definition) is 5. The van der Waals surface area contributed by atoms with E-state index in [1.54, 1.807) is 13.2 Å². The molecule has 0 spiro atoms. The standard InChI is InChI=1S/C21H22Cl2N4O4/c1-30-14-8-13(11-31-7-4-19(28)29)27(10-14)18-9-17(26-6-5-24-12-26)15-2-3-16(22)20(23)21(15)25-18/h2-3,5-6,9,12-14H,4,7-8,10-11H2,1H3,(H,28,29)/p+1/t13-,14+/m0/s1. The molecule has 2 N–H and O–H groups in total. The highest BCUT2D eigenvalue weighted by molar-refractivity contribution is 6.45. The van der Waals surface area contributed by atoms with Crippen molar-refractivity contribution >= 4 is 45.9 Å². The lowest BCUT2D eigenvalue weighted by Crippen LogP contribution is -2.35. The molecule has 4 rings (SSSR count). The Hall–Kier alpha value is -2.39. The Labute approximate surface area is 189 Å². The number of carbonyl (C=O) groups is 1. The number of imidazole rings is 1. The molecule has 2 atom stereocenters.